The van der Waals surface area contributed by atoms with Gasteiger partial charge in [-0.1, -0.05) is 18.2 Å². The Kier molecular flexibility index (Phi) is 5.15. The fraction of sp³-hybridized carbons (Fsp3) is 0.562. The molecule has 1 aliphatic heterocycles. The average molecular weight is 276 g/mol. The molecular weight excluding hydrogens is 252 g/mol. The number of aryl methyl sites for hydroxylation is 1. The summed E-state index contributed by atoms with van der Waals surface area (Å²) in [6.07, 6.45) is 2.41. The third kappa shape index (κ3) is 3.81. The second-order valence-corrected chi connectivity index (χ2v) is 5.53. The minimum Gasteiger partial charge on any atom is -0.377 e. The van der Waals surface area contributed by atoms with Gasteiger partial charge in [-0.15, -0.1) is 0 Å². The summed E-state index contributed by atoms with van der Waals surface area (Å²) in [7, 11) is 0. The van der Waals surface area contributed by atoms with E-state index in [0.29, 0.717) is 0 Å². The van der Waals surface area contributed by atoms with Crippen molar-refractivity contribution in [2.75, 3.05) is 11.9 Å². The summed E-state index contributed by atoms with van der Waals surface area (Å²) in [6.45, 7) is 6.79. The Morgan fingerprint density at radius 2 is 2.10 bits per heavy atom. The van der Waals surface area contributed by atoms with Crippen LogP contribution in [0.2, 0.25) is 0 Å². The Morgan fingerprint density at radius 1 is 1.35 bits per heavy atom. The van der Waals surface area contributed by atoms with Crippen molar-refractivity contribution in [2.45, 2.75) is 51.8 Å². The zero-order valence-electron chi connectivity index (χ0n) is 12.5. The summed E-state index contributed by atoms with van der Waals surface area (Å²) in [6, 6.07) is 7.75. The van der Waals surface area contributed by atoms with Gasteiger partial charge in [0.15, 0.2) is 0 Å². The second kappa shape index (κ2) is 6.86. The largest absolute Gasteiger partial charge is 0.377 e. The van der Waals surface area contributed by atoms with Crippen LogP contribution in [0.15, 0.2) is 24.3 Å². The molecule has 0 radical (unpaired) electrons. The number of hydrogen-bond acceptors (Lipinski definition) is 3. The normalized spacial score (nSPS) is 21.4. The van der Waals surface area contributed by atoms with Crippen molar-refractivity contribution in [1.82, 2.24) is 5.32 Å². The van der Waals surface area contributed by atoms with Gasteiger partial charge in [0.25, 0.3) is 0 Å². The molecule has 1 saturated heterocycles. The van der Waals surface area contributed by atoms with Crippen LogP contribution >= 0.6 is 0 Å². The molecule has 1 aromatic rings. The fourth-order valence-electron chi connectivity index (χ4n) is 2.53. The number of carbonyl (C=O) groups is 1. The van der Waals surface area contributed by atoms with Gasteiger partial charge in [0.1, 0.15) is 0 Å². The zero-order valence-corrected chi connectivity index (χ0v) is 12.5. The fourth-order valence-corrected chi connectivity index (χ4v) is 2.53. The maximum Gasteiger partial charge on any atom is 0.241 e. The molecule has 1 heterocycles. The lowest BCUT2D eigenvalue weighted by Gasteiger charge is -2.24. The van der Waals surface area contributed by atoms with Gasteiger partial charge in [-0.3, -0.25) is 4.79 Å². The SMILES string of the molecule is Cc1ccccc1NC(=O)[C@H](C)N[C@@H](C)[C@H]1CCCO1. The number of hydrogen-bond donors (Lipinski definition) is 2. The molecule has 4 heteroatoms. The van der Waals surface area contributed by atoms with Crippen molar-refractivity contribution in [3.63, 3.8) is 0 Å². The highest BCUT2D eigenvalue weighted by atomic mass is 16.5. The van der Waals surface area contributed by atoms with Gasteiger partial charge >= 0.3 is 0 Å². The number of para-hydroxylation sites is 1. The Hall–Kier alpha value is -1.39. The molecule has 0 unspecified atom stereocenters. The second-order valence-electron chi connectivity index (χ2n) is 5.53. The van der Waals surface area contributed by atoms with E-state index in [1.165, 1.54) is 0 Å². The first-order chi connectivity index (χ1) is 9.58. The first-order valence-corrected chi connectivity index (χ1v) is 7.32. The van der Waals surface area contributed by atoms with Gasteiger partial charge in [-0.2, -0.15) is 0 Å². The first kappa shape index (κ1) is 15.0. The number of amides is 1. The summed E-state index contributed by atoms with van der Waals surface area (Å²) in [5, 5.41) is 6.29. The molecule has 0 aliphatic carbocycles. The van der Waals surface area contributed by atoms with Gasteiger partial charge in [-0.05, 0) is 45.2 Å². The Bertz CT molecular complexity index is 456. The molecule has 1 amide bonds. The third-order valence-electron chi connectivity index (χ3n) is 3.83. The van der Waals surface area contributed by atoms with Crippen LogP contribution in [0, 0.1) is 6.92 Å². The van der Waals surface area contributed by atoms with E-state index in [-0.39, 0.29) is 24.1 Å². The molecule has 110 valence electrons. The van der Waals surface area contributed by atoms with Crippen LogP contribution in [-0.2, 0) is 9.53 Å². The van der Waals surface area contributed by atoms with Gasteiger partial charge in [0.2, 0.25) is 5.91 Å². The first-order valence-electron chi connectivity index (χ1n) is 7.32. The predicted molar refractivity (Wildman–Crippen MR) is 80.8 cm³/mol. The lowest BCUT2D eigenvalue weighted by molar-refractivity contribution is -0.118. The summed E-state index contributed by atoms with van der Waals surface area (Å²) in [5.74, 6) is -0.0100. The van der Waals surface area contributed by atoms with Gasteiger partial charge in [0.05, 0.1) is 12.1 Å². The molecule has 0 saturated carbocycles. The van der Waals surface area contributed by atoms with Crippen molar-refractivity contribution in [3.05, 3.63) is 29.8 Å². The van der Waals surface area contributed by atoms with E-state index in [0.717, 1.165) is 30.7 Å². The van der Waals surface area contributed by atoms with Crippen molar-refractivity contribution in [1.29, 1.82) is 0 Å². The highest BCUT2D eigenvalue weighted by Crippen LogP contribution is 2.16. The number of anilines is 1. The van der Waals surface area contributed by atoms with E-state index < -0.39 is 0 Å². The van der Waals surface area contributed by atoms with E-state index in [2.05, 4.69) is 17.6 Å². The average Bonchev–Trinajstić information content (AvgIpc) is 2.95. The van der Waals surface area contributed by atoms with Crippen LogP contribution in [0.4, 0.5) is 5.69 Å². The molecule has 0 aromatic heterocycles. The van der Waals surface area contributed by atoms with Crippen molar-refractivity contribution in [2.24, 2.45) is 0 Å². The van der Waals surface area contributed by atoms with Crippen molar-refractivity contribution < 1.29 is 9.53 Å². The topological polar surface area (TPSA) is 50.4 Å². The molecule has 3 atom stereocenters. The van der Waals surface area contributed by atoms with Gasteiger partial charge < -0.3 is 15.4 Å². The molecule has 0 spiro atoms. The minimum atomic E-state index is -0.242. The predicted octanol–water partition coefficient (Wildman–Crippen LogP) is 2.48. The van der Waals surface area contributed by atoms with E-state index in [1.54, 1.807) is 0 Å². The number of ether oxygens (including phenoxy) is 1. The van der Waals surface area contributed by atoms with Crippen molar-refractivity contribution >= 4 is 11.6 Å². The van der Waals surface area contributed by atoms with E-state index in [4.69, 9.17) is 4.74 Å². The minimum absolute atomic E-state index is 0.0100. The Labute approximate surface area is 120 Å². The third-order valence-corrected chi connectivity index (χ3v) is 3.83. The molecule has 1 fully saturated rings. The standard InChI is InChI=1S/C16H24N2O2/c1-11-7-4-5-8-14(11)18-16(19)13(3)17-12(2)15-9-6-10-20-15/h4-5,7-8,12-13,15,17H,6,9-10H2,1-3H3,(H,18,19)/t12-,13-,15+/m0/s1. The summed E-state index contributed by atoms with van der Waals surface area (Å²) in [5.41, 5.74) is 1.94. The summed E-state index contributed by atoms with van der Waals surface area (Å²) >= 11 is 0. The van der Waals surface area contributed by atoms with Crippen LogP contribution in [0.5, 0.6) is 0 Å². The van der Waals surface area contributed by atoms with Crippen LogP contribution < -0.4 is 10.6 Å². The number of benzene rings is 1. The monoisotopic (exact) mass is 276 g/mol. The number of rotatable bonds is 5. The van der Waals surface area contributed by atoms with Gasteiger partial charge in [0, 0.05) is 18.3 Å². The Morgan fingerprint density at radius 3 is 2.75 bits per heavy atom. The van der Waals surface area contributed by atoms with Crippen molar-refractivity contribution in [3.8, 4) is 0 Å². The Balaban J connectivity index is 1.87. The van der Waals surface area contributed by atoms with E-state index >= 15 is 0 Å². The quantitative estimate of drug-likeness (QED) is 0.868. The summed E-state index contributed by atoms with van der Waals surface area (Å²) in [4.78, 5) is 12.2. The number of nitrogens with one attached hydrogen (secondary N) is 2. The van der Waals surface area contributed by atoms with Crippen LogP contribution in [-0.4, -0.2) is 30.7 Å². The molecule has 2 rings (SSSR count). The molecule has 1 aromatic carbocycles. The van der Waals surface area contributed by atoms with E-state index in [9.17, 15) is 4.79 Å². The smallest absolute Gasteiger partial charge is 0.241 e. The molecule has 2 N–H and O–H groups in total. The highest BCUT2D eigenvalue weighted by molar-refractivity contribution is 5.95. The molecule has 4 nitrogen and oxygen atoms in total. The van der Waals surface area contributed by atoms with E-state index in [1.807, 2.05) is 38.1 Å². The maximum absolute atomic E-state index is 12.2. The molecular formula is C16H24N2O2. The molecule has 0 bridgehead atoms. The van der Waals surface area contributed by atoms with Gasteiger partial charge in [-0.25, -0.2) is 0 Å². The lowest BCUT2D eigenvalue weighted by atomic mass is 10.1. The van der Waals surface area contributed by atoms with Crippen LogP contribution in [0.1, 0.15) is 32.3 Å². The van der Waals surface area contributed by atoms with Crippen LogP contribution in [0.25, 0.3) is 0 Å². The van der Waals surface area contributed by atoms with Crippen LogP contribution in [0.3, 0.4) is 0 Å². The molecule has 20 heavy (non-hydrogen) atoms. The number of carbonyl (C=O) groups excluding carboxylic acids is 1. The highest BCUT2D eigenvalue weighted by Gasteiger charge is 2.25. The lowest BCUT2D eigenvalue weighted by Crippen LogP contribution is -2.47. The molecule has 1 aliphatic rings. The maximum atomic E-state index is 12.2. The zero-order chi connectivity index (χ0) is 14.5. The summed E-state index contributed by atoms with van der Waals surface area (Å²) < 4.78 is 5.64.